The Balaban J connectivity index is 1.64. The number of Topliss-reactive ketones (excluding diaryl/α,β-unsaturated/α-hetero) is 2. The van der Waals surface area contributed by atoms with Gasteiger partial charge in [-0.3, -0.25) is 9.59 Å². The van der Waals surface area contributed by atoms with Gasteiger partial charge >= 0.3 is 0 Å². The van der Waals surface area contributed by atoms with Crippen molar-refractivity contribution in [3.63, 3.8) is 0 Å². The zero-order valence-corrected chi connectivity index (χ0v) is 18.2. The van der Waals surface area contributed by atoms with Crippen molar-refractivity contribution in [1.29, 1.82) is 0 Å². The second-order valence-corrected chi connectivity index (χ2v) is 8.96. The lowest BCUT2D eigenvalue weighted by molar-refractivity contribution is 0.101. The van der Waals surface area contributed by atoms with Crippen LogP contribution in [0.25, 0.3) is 0 Å². The van der Waals surface area contributed by atoms with Crippen LogP contribution in [0.2, 0.25) is 5.02 Å². The molecule has 0 saturated carbocycles. The molecule has 0 amide bonds. The summed E-state index contributed by atoms with van der Waals surface area (Å²) >= 11 is 8.81. The van der Waals surface area contributed by atoms with E-state index >= 15 is 0 Å². The van der Waals surface area contributed by atoms with Crippen molar-refractivity contribution in [2.75, 3.05) is 11.1 Å². The number of nitrogens with zero attached hydrogens (tertiary/aromatic N) is 2. The van der Waals surface area contributed by atoms with Gasteiger partial charge < -0.3 is 10.3 Å². The average Bonchev–Trinajstić information content (AvgIpc) is 3.19. The minimum absolute atomic E-state index is 0.0472. The van der Waals surface area contributed by atoms with Crippen molar-refractivity contribution in [2.24, 2.45) is 0 Å². The van der Waals surface area contributed by atoms with Crippen LogP contribution in [0.1, 0.15) is 44.6 Å². The molecular weight excluding hydrogens is 416 g/mol. The monoisotopic (exact) mass is 434 g/mol. The quantitative estimate of drug-likeness (QED) is 0.384. The molecule has 3 rings (SSSR count). The van der Waals surface area contributed by atoms with E-state index in [1.54, 1.807) is 13.8 Å². The predicted molar refractivity (Wildman–Crippen MR) is 115 cm³/mol. The maximum Gasteiger partial charge on any atom is 0.210 e. The summed E-state index contributed by atoms with van der Waals surface area (Å²) in [6.45, 7) is 7.03. The van der Waals surface area contributed by atoms with Crippen LogP contribution in [-0.2, 0) is 0 Å². The molecule has 0 unspecified atom stereocenters. The molecule has 0 spiro atoms. The fraction of sp³-hybridized carbons (Fsp3) is 0.263. The minimum Gasteiger partial charge on any atom is -0.355 e. The zero-order chi connectivity index (χ0) is 20.4. The van der Waals surface area contributed by atoms with Crippen LogP contribution in [0.3, 0.4) is 0 Å². The highest BCUT2D eigenvalue weighted by Gasteiger charge is 2.20. The SMILES string of the molecule is CC(=O)c1c(C)[nH]c(C(=O)CSc2nnc(Nc3ccc(C)c(Cl)c3)s2)c1C. The molecule has 3 aromatic rings. The highest BCUT2D eigenvalue weighted by molar-refractivity contribution is 8.01. The molecule has 0 aliphatic carbocycles. The molecule has 9 heteroatoms. The number of aromatic amines is 1. The van der Waals surface area contributed by atoms with E-state index in [2.05, 4.69) is 20.5 Å². The number of benzene rings is 1. The summed E-state index contributed by atoms with van der Waals surface area (Å²) in [5, 5.41) is 12.7. The molecule has 0 fully saturated rings. The molecule has 0 radical (unpaired) electrons. The summed E-state index contributed by atoms with van der Waals surface area (Å²) in [5.41, 5.74) is 4.32. The van der Waals surface area contributed by atoms with Gasteiger partial charge in [0.05, 0.1) is 11.4 Å². The highest BCUT2D eigenvalue weighted by atomic mass is 35.5. The van der Waals surface area contributed by atoms with Crippen molar-refractivity contribution in [2.45, 2.75) is 32.0 Å². The first kappa shape index (κ1) is 20.6. The van der Waals surface area contributed by atoms with Gasteiger partial charge in [-0.15, -0.1) is 10.2 Å². The van der Waals surface area contributed by atoms with Crippen molar-refractivity contribution >= 4 is 57.1 Å². The van der Waals surface area contributed by atoms with Crippen LogP contribution in [-0.4, -0.2) is 32.5 Å². The number of rotatable bonds is 7. The number of thioether (sulfide) groups is 1. The summed E-state index contributed by atoms with van der Waals surface area (Å²) in [6.07, 6.45) is 0. The van der Waals surface area contributed by atoms with E-state index in [4.69, 9.17) is 11.6 Å². The van der Waals surface area contributed by atoms with E-state index in [0.29, 0.717) is 31.3 Å². The molecule has 0 aliphatic heterocycles. The van der Waals surface area contributed by atoms with Gasteiger partial charge in [-0.25, -0.2) is 0 Å². The molecule has 0 aliphatic rings. The Kier molecular flexibility index (Phi) is 6.22. The Morgan fingerprint density at radius 3 is 2.64 bits per heavy atom. The topological polar surface area (TPSA) is 87.7 Å². The van der Waals surface area contributed by atoms with Crippen LogP contribution in [0, 0.1) is 20.8 Å². The number of aryl methyl sites for hydroxylation is 2. The Labute approximate surface area is 176 Å². The number of halogens is 1. The fourth-order valence-corrected chi connectivity index (χ4v) is 4.69. The van der Waals surface area contributed by atoms with Gasteiger partial charge in [0, 0.05) is 22.0 Å². The molecule has 28 heavy (non-hydrogen) atoms. The van der Waals surface area contributed by atoms with Crippen LogP contribution in [0.5, 0.6) is 0 Å². The van der Waals surface area contributed by atoms with Crippen LogP contribution in [0.15, 0.2) is 22.5 Å². The largest absolute Gasteiger partial charge is 0.355 e. The number of hydrogen-bond acceptors (Lipinski definition) is 7. The number of nitrogens with one attached hydrogen (secondary N) is 2. The Morgan fingerprint density at radius 1 is 1.25 bits per heavy atom. The van der Waals surface area contributed by atoms with Crippen molar-refractivity contribution in [3.05, 3.63) is 51.3 Å². The maximum atomic E-state index is 12.6. The molecule has 6 nitrogen and oxygen atoms in total. The number of hydrogen-bond donors (Lipinski definition) is 2. The second kappa shape index (κ2) is 8.46. The summed E-state index contributed by atoms with van der Waals surface area (Å²) in [6, 6.07) is 5.68. The third-order valence-corrected chi connectivity index (χ3v) is 6.60. The summed E-state index contributed by atoms with van der Waals surface area (Å²) in [7, 11) is 0. The molecule has 0 atom stereocenters. The van der Waals surface area contributed by atoms with Gasteiger partial charge in [-0.1, -0.05) is 40.8 Å². The van der Waals surface area contributed by atoms with Gasteiger partial charge in [0.25, 0.3) is 0 Å². The number of carbonyl (C=O) groups excluding carboxylic acids is 2. The molecule has 146 valence electrons. The van der Waals surface area contributed by atoms with Gasteiger partial charge in [0.2, 0.25) is 5.13 Å². The van der Waals surface area contributed by atoms with Gasteiger partial charge in [0.1, 0.15) is 0 Å². The lowest BCUT2D eigenvalue weighted by atomic mass is 10.1. The van der Waals surface area contributed by atoms with E-state index in [1.807, 2.05) is 25.1 Å². The zero-order valence-electron chi connectivity index (χ0n) is 15.8. The van der Waals surface area contributed by atoms with E-state index in [1.165, 1.54) is 30.0 Å². The maximum absolute atomic E-state index is 12.6. The first-order valence-electron chi connectivity index (χ1n) is 8.49. The number of H-pyrrole nitrogens is 1. The van der Waals surface area contributed by atoms with E-state index in [0.717, 1.165) is 16.9 Å². The average molecular weight is 435 g/mol. The second-order valence-electron chi connectivity index (χ2n) is 6.36. The smallest absolute Gasteiger partial charge is 0.210 e. The van der Waals surface area contributed by atoms with Crippen LogP contribution in [0.4, 0.5) is 10.8 Å². The molecule has 2 N–H and O–H groups in total. The van der Waals surface area contributed by atoms with Crippen LogP contribution >= 0.6 is 34.7 Å². The molecule has 2 aromatic heterocycles. The van der Waals surface area contributed by atoms with Gasteiger partial charge in [-0.05, 0) is 51.0 Å². The Morgan fingerprint density at radius 2 is 2.00 bits per heavy atom. The summed E-state index contributed by atoms with van der Waals surface area (Å²) < 4.78 is 0.682. The van der Waals surface area contributed by atoms with Crippen molar-refractivity contribution < 1.29 is 9.59 Å². The Hall–Kier alpha value is -2.16. The van der Waals surface area contributed by atoms with Crippen LogP contribution < -0.4 is 5.32 Å². The standard InChI is InChI=1S/C19H19ClN4O2S2/c1-9-5-6-13(7-14(9)20)22-18-23-24-19(28-18)27-8-15(26)17-10(2)16(12(4)25)11(3)21-17/h5-7,21H,8H2,1-4H3,(H,22,23). The summed E-state index contributed by atoms with van der Waals surface area (Å²) in [5.74, 6) is 0.0884. The predicted octanol–water partition coefficient (Wildman–Crippen LogP) is 5.37. The van der Waals surface area contributed by atoms with E-state index in [-0.39, 0.29) is 17.3 Å². The first-order chi connectivity index (χ1) is 13.3. The minimum atomic E-state index is -0.0758. The number of aromatic nitrogens is 3. The lowest BCUT2D eigenvalue weighted by Gasteiger charge is -2.03. The van der Waals surface area contributed by atoms with Crippen molar-refractivity contribution in [3.8, 4) is 0 Å². The molecule has 2 heterocycles. The Bertz CT molecular complexity index is 1060. The van der Waals surface area contributed by atoms with E-state index < -0.39 is 0 Å². The van der Waals surface area contributed by atoms with Gasteiger partial charge in [-0.2, -0.15) is 0 Å². The number of carbonyl (C=O) groups is 2. The highest BCUT2D eigenvalue weighted by Crippen LogP contribution is 2.30. The molecular formula is C19H19ClN4O2S2. The fourth-order valence-electron chi connectivity index (χ4n) is 2.87. The molecule has 0 saturated heterocycles. The third kappa shape index (κ3) is 4.45. The van der Waals surface area contributed by atoms with Gasteiger partial charge in [0.15, 0.2) is 15.9 Å². The molecule has 1 aromatic carbocycles. The van der Waals surface area contributed by atoms with Crippen molar-refractivity contribution in [1.82, 2.24) is 15.2 Å². The number of ketones is 2. The normalized spacial score (nSPS) is 10.9. The first-order valence-corrected chi connectivity index (χ1v) is 10.7. The summed E-state index contributed by atoms with van der Waals surface area (Å²) in [4.78, 5) is 27.3. The lowest BCUT2D eigenvalue weighted by Crippen LogP contribution is -2.05. The van der Waals surface area contributed by atoms with E-state index in [9.17, 15) is 9.59 Å². The third-order valence-electron chi connectivity index (χ3n) is 4.22. The number of anilines is 2. The molecule has 0 bridgehead atoms.